The summed E-state index contributed by atoms with van der Waals surface area (Å²) in [5, 5.41) is 3.48. The Kier molecular flexibility index (Phi) is 7.59. The van der Waals surface area contributed by atoms with E-state index in [0.717, 1.165) is 18.0 Å². The fourth-order valence-corrected chi connectivity index (χ4v) is 2.24. The van der Waals surface area contributed by atoms with Crippen LogP contribution in [0.3, 0.4) is 0 Å². The van der Waals surface area contributed by atoms with Gasteiger partial charge in [0.25, 0.3) is 0 Å². The second kappa shape index (κ2) is 8.95. The average molecular weight is 350 g/mol. The molecular weight excluding hydrogens is 322 g/mol. The van der Waals surface area contributed by atoms with Gasteiger partial charge in [-0.3, -0.25) is 0 Å². The molecule has 0 unspecified atom stereocenters. The molecule has 0 aliphatic heterocycles. The third-order valence-electron chi connectivity index (χ3n) is 3.70. The van der Waals surface area contributed by atoms with Crippen LogP contribution in [0, 0.1) is 6.92 Å². The number of ether oxygens (including phenoxy) is 2. The van der Waals surface area contributed by atoms with E-state index in [4.69, 9.17) is 9.47 Å². The van der Waals surface area contributed by atoms with Crippen molar-refractivity contribution in [2.45, 2.75) is 46.4 Å². The van der Waals surface area contributed by atoms with Crippen molar-refractivity contribution >= 4 is 12.4 Å². The van der Waals surface area contributed by atoms with Crippen LogP contribution < -0.4 is 14.8 Å². The maximum atomic E-state index is 5.95. The van der Waals surface area contributed by atoms with Crippen molar-refractivity contribution in [1.29, 1.82) is 0 Å². The van der Waals surface area contributed by atoms with Crippen molar-refractivity contribution in [3.63, 3.8) is 0 Å². The second-order valence-electron chi connectivity index (χ2n) is 6.80. The first kappa shape index (κ1) is 20.3. The first-order chi connectivity index (χ1) is 10.9. The van der Waals surface area contributed by atoms with Crippen LogP contribution >= 0.6 is 12.4 Å². The van der Waals surface area contributed by atoms with Crippen LogP contribution in [-0.4, -0.2) is 12.6 Å². The molecule has 0 atom stereocenters. The maximum Gasteiger partial charge on any atom is 0.161 e. The number of benzene rings is 2. The van der Waals surface area contributed by atoms with Gasteiger partial charge in [0.1, 0.15) is 6.61 Å². The zero-order valence-corrected chi connectivity index (χ0v) is 16.0. The van der Waals surface area contributed by atoms with Crippen LogP contribution in [0.4, 0.5) is 0 Å². The van der Waals surface area contributed by atoms with E-state index < -0.39 is 0 Å². The lowest BCUT2D eigenvalue weighted by atomic mass is 10.1. The van der Waals surface area contributed by atoms with Crippen LogP contribution in [0.2, 0.25) is 0 Å². The maximum absolute atomic E-state index is 5.95. The normalized spacial score (nSPS) is 10.9. The summed E-state index contributed by atoms with van der Waals surface area (Å²) >= 11 is 0. The Morgan fingerprint density at radius 2 is 1.71 bits per heavy atom. The number of rotatable bonds is 6. The van der Waals surface area contributed by atoms with E-state index in [9.17, 15) is 0 Å². The minimum Gasteiger partial charge on any atom is -0.493 e. The summed E-state index contributed by atoms with van der Waals surface area (Å²) < 4.78 is 11.4. The predicted molar refractivity (Wildman–Crippen MR) is 102 cm³/mol. The molecule has 132 valence electrons. The van der Waals surface area contributed by atoms with Crippen LogP contribution in [0.5, 0.6) is 11.5 Å². The molecule has 2 aromatic rings. The minimum absolute atomic E-state index is 0. The van der Waals surface area contributed by atoms with Gasteiger partial charge in [-0.05, 0) is 56.5 Å². The van der Waals surface area contributed by atoms with E-state index in [0.29, 0.717) is 6.61 Å². The first-order valence-corrected chi connectivity index (χ1v) is 7.98. The third kappa shape index (κ3) is 6.06. The van der Waals surface area contributed by atoms with E-state index in [1.807, 2.05) is 24.3 Å². The molecule has 2 rings (SSSR count). The van der Waals surface area contributed by atoms with Crippen molar-refractivity contribution in [2.24, 2.45) is 0 Å². The molecule has 0 saturated carbocycles. The molecule has 0 heterocycles. The summed E-state index contributed by atoms with van der Waals surface area (Å²) in [4.78, 5) is 0. The standard InChI is InChI=1S/C20H27NO2.ClH/c1-15-8-6-7-9-17(15)14-23-18-11-10-16(12-19(18)22-5)13-21-20(2,3)4;/h6-12,21H,13-14H2,1-5H3;1H. The Hall–Kier alpha value is -1.71. The van der Waals surface area contributed by atoms with E-state index in [1.54, 1.807) is 7.11 Å². The van der Waals surface area contributed by atoms with Gasteiger partial charge in [0, 0.05) is 12.1 Å². The van der Waals surface area contributed by atoms with Crippen molar-refractivity contribution in [3.8, 4) is 11.5 Å². The number of nitrogens with one attached hydrogen (secondary N) is 1. The van der Waals surface area contributed by atoms with Crippen molar-refractivity contribution < 1.29 is 9.47 Å². The molecule has 24 heavy (non-hydrogen) atoms. The molecule has 0 aliphatic carbocycles. The molecular formula is C20H28ClNO2. The van der Waals surface area contributed by atoms with Gasteiger partial charge < -0.3 is 14.8 Å². The summed E-state index contributed by atoms with van der Waals surface area (Å²) in [7, 11) is 1.68. The Balaban J connectivity index is 0.00000288. The lowest BCUT2D eigenvalue weighted by Gasteiger charge is -2.21. The molecule has 3 nitrogen and oxygen atoms in total. The average Bonchev–Trinajstić information content (AvgIpc) is 2.52. The lowest BCUT2D eigenvalue weighted by molar-refractivity contribution is 0.283. The molecule has 0 spiro atoms. The van der Waals surface area contributed by atoms with Gasteiger partial charge in [0.15, 0.2) is 11.5 Å². The Labute approximate surface area is 151 Å². The Bertz CT molecular complexity index is 650. The SMILES string of the molecule is COc1cc(CNC(C)(C)C)ccc1OCc1ccccc1C.Cl. The largest absolute Gasteiger partial charge is 0.493 e. The summed E-state index contributed by atoms with van der Waals surface area (Å²) in [5.74, 6) is 1.54. The smallest absolute Gasteiger partial charge is 0.161 e. The van der Waals surface area contributed by atoms with Crippen LogP contribution in [0.25, 0.3) is 0 Å². The van der Waals surface area contributed by atoms with Crippen LogP contribution in [0.15, 0.2) is 42.5 Å². The number of halogens is 1. The van der Waals surface area contributed by atoms with Crippen molar-refractivity contribution in [1.82, 2.24) is 5.32 Å². The zero-order chi connectivity index (χ0) is 16.9. The van der Waals surface area contributed by atoms with Gasteiger partial charge in [-0.25, -0.2) is 0 Å². The molecule has 0 aliphatic rings. The first-order valence-electron chi connectivity index (χ1n) is 7.98. The molecule has 4 heteroatoms. The van der Waals surface area contributed by atoms with Gasteiger partial charge in [0.2, 0.25) is 0 Å². The Morgan fingerprint density at radius 1 is 1.00 bits per heavy atom. The van der Waals surface area contributed by atoms with Gasteiger partial charge in [0.05, 0.1) is 7.11 Å². The van der Waals surface area contributed by atoms with E-state index in [1.165, 1.54) is 16.7 Å². The van der Waals surface area contributed by atoms with E-state index >= 15 is 0 Å². The number of methoxy groups -OCH3 is 1. The highest BCUT2D eigenvalue weighted by Gasteiger charge is 2.11. The minimum atomic E-state index is 0. The van der Waals surface area contributed by atoms with Gasteiger partial charge in [-0.2, -0.15) is 0 Å². The van der Waals surface area contributed by atoms with Gasteiger partial charge in [-0.1, -0.05) is 30.3 Å². The molecule has 2 aromatic carbocycles. The van der Waals surface area contributed by atoms with Crippen LogP contribution in [-0.2, 0) is 13.2 Å². The highest BCUT2D eigenvalue weighted by Crippen LogP contribution is 2.29. The van der Waals surface area contributed by atoms with Crippen molar-refractivity contribution in [3.05, 3.63) is 59.2 Å². The molecule has 0 amide bonds. The van der Waals surface area contributed by atoms with Gasteiger partial charge in [-0.15, -0.1) is 12.4 Å². The third-order valence-corrected chi connectivity index (χ3v) is 3.70. The molecule has 0 fully saturated rings. The molecule has 0 aromatic heterocycles. The summed E-state index contributed by atoms with van der Waals surface area (Å²) in [5.41, 5.74) is 3.69. The number of hydrogen-bond acceptors (Lipinski definition) is 3. The topological polar surface area (TPSA) is 30.5 Å². The fourth-order valence-electron chi connectivity index (χ4n) is 2.24. The number of hydrogen-bond donors (Lipinski definition) is 1. The fraction of sp³-hybridized carbons (Fsp3) is 0.400. The molecule has 0 radical (unpaired) electrons. The highest BCUT2D eigenvalue weighted by atomic mass is 35.5. The van der Waals surface area contributed by atoms with E-state index in [2.05, 4.69) is 51.2 Å². The van der Waals surface area contributed by atoms with Crippen molar-refractivity contribution in [2.75, 3.05) is 7.11 Å². The highest BCUT2D eigenvalue weighted by molar-refractivity contribution is 5.85. The second-order valence-corrected chi connectivity index (χ2v) is 6.80. The number of aryl methyl sites for hydroxylation is 1. The Morgan fingerprint density at radius 3 is 2.33 bits per heavy atom. The summed E-state index contributed by atoms with van der Waals surface area (Å²) in [6.07, 6.45) is 0. The lowest BCUT2D eigenvalue weighted by Crippen LogP contribution is -2.35. The zero-order valence-electron chi connectivity index (χ0n) is 15.2. The molecule has 0 saturated heterocycles. The summed E-state index contributed by atoms with van der Waals surface area (Å²) in [6, 6.07) is 14.3. The molecule has 0 bridgehead atoms. The summed E-state index contributed by atoms with van der Waals surface area (Å²) in [6.45, 7) is 9.91. The monoisotopic (exact) mass is 349 g/mol. The quantitative estimate of drug-likeness (QED) is 0.805. The van der Waals surface area contributed by atoms with Crippen LogP contribution in [0.1, 0.15) is 37.5 Å². The van der Waals surface area contributed by atoms with E-state index in [-0.39, 0.29) is 17.9 Å². The van der Waals surface area contributed by atoms with Gasteiger partial charge >= 0.3 is 0 Å². The molecule has 1 N–H and O–H groups in total. The predicted octanol–water partition coefficient (Wildman–Crippen LogP) is 4.89.